The number of nitrogens with one attached hydrogen (secondary N) is 2. The number of amides is 2. The lowest BCUT2D eigenvalue weighted by molar-refractivity contribution is 0.0925. The second-order valence-electron chi connectivity index (χ2n) is 6.06. The van der Waals surface area contributed by atoms with Crippen LogP contribution in [0.3, 0.4) is 0 Å². The summed E-state index contributed by atoms with van der Waals surface area (Å²) in [7, 11) is 0. The Balaban J connectivity index is 1.55. The summed E-state index contributed by atoms with van der Waals surface area (Å²) in [5.41, 5.74) is 2.24. The molecule has 3 aromatic rings. The summed E-state index contributed by atoms with van der Waals surface area (Å²) in [4.78, 5) is 24.4. The van der Waals surface area contributed by atoms with Gasteiger partial charge in [0.15, 0.2) is 0 Å². The minimum absolute atomic E-state index is 0.0833. The highest BCUT2D eigenvalue weighted by atomic mass is 79.9. The summed E-state index contributed by atoms with van der Waals surface area (Å²) < 4.78 is 2.66. The zero-order chi connectivity index (χ0) is 20.1. The Labute approximate surface area is 170 Å². The molecule has 0 saturated heterocycles. The SMILES string of the molecule is Cc1c(C(=O)NCCNC(=O)c2ccccc2O)cnn1-c1ccc(Br)cc1. The molecule has 0 aliphatic carbocycles. The molecular weight excluding hydrogens is 424 g/mol. The van der Waals surface area contributed by atoms with Gasteiger partial charge in [0.25, 0.3) is 11.8 Å². The zero-order valence-corrected chi connectivity index (χ0v) is 16.7. The Bertz CT molecular complexity index is 999. The number of nitrogens with zero attached hydrogens (tertiary/aromatic N) is 2. The van der Waals surface area contributed by atoms with E-state index in [1.807, 2.05) is 31.2 Å². The first-order valence-corrected chi connectivity index (χ1v) is 9.41. The Kier molecular flexibility index (Phi) is 6.10. The highest BCUT2D eigenvalue weighted by Crippen LogP contribution is 2.17. The van der Waals surface area contributed by atoms with E-state index in [2.05, 4.69) is 31.7 Å². The van der Waals surface area contributed by atoms with Gasteiger partial charge < -0.3 is 15.7 Å². The zero-order valence-electron chi connectivity index (χ0n) is 15.1. The molecule has 28 heavy (non-hydrogen) atoms. The van der Waals surface area contributed by atoms with Crippen LogP contribution in [0, 0.1) is 6.92 Å². The Morgan fingerprint density at radius 2 is 1.61 bits per heavy atom. The summed E-state index contributed by atoms with van der Waals surface area (Å²) in [6.07, 6.45) is 1.52. The molecule has 0 unspecified atom stereocenters. The van der Waals surface area contributed by atoms with E-state index in [1.54, 1.807) is 16.8 Å². The van der Waals surface area contributed by atoms with Gasteiger partial charge in [-0.25, -0.2) is 4.68 Å². The summed E-state index contributed by atoms with van der Waals surface area (Å²) in [6, 6.07) is 13.9. The van der Waals surface area contributed by atoms with Crippen molar-refractivity contribution in [2.75, 3.05) is 13.1 Å². The second-order valence-corrected chi connectivity index (χ2v) is 6.98. The highest BCUT2D eigenvalue weighted by molar-refractivity contribution is 9.10. The number of benzene rings is 2. The largest absolute Gasteiger partial charge is 0.507 e. The fourth-order valence-electron chi connectivity index (χ4n) is 2.68. The average molecular weight is 443 g/mol. The van der Waals surface area contributed by atoms with E-state index in [-0.39, 0.29) is 30.3 Å². The van der Waals surface area contributed by atoms with Gasteiger partial charge in [-0.15, -0.1) is 0 Å². The van der Waals surface area contributed by atoms with Gasteiger partial charge in [-0.05, 0) is 43.3 Å². The quantitative estimate of drug-likeness (QED) is 0.511. The summed E-state index contributed by atoms with van der Waals surface area (Å²) >= 11 is 3.39. The fourth-order valence-corrected chi connectivity index (χ4v) is 2.95. The standard InChI is InChI=1S/C20H19BrN4O3/c1-13-17(12-24-25(13)15-8-6-14(21)7-9-15)20(28)23-11-10-22-19(27)16-4-2-3-5-18(16)26/h2-9,12,26H,10-11H2,1H3,(H,22,27)(H,23,28). The maximum Gasteiger partial charge on any atom is 0.255 e. The van der Waals surface area contributed by atoms with Crippen LogP contribution in [0.15, 0.2) is 59.2 Å². The maximum absolute atomic E-state index is 12.4. The molecule has 0 aliphatic heterocycles. The van der Waals surface area contributed by atoms with E-state index in [1.165, 1.54) is 18.3 Å². The molecule has 1 heterocycles. The van der Waals surface area contributed by atoms with Crippen LogP contribution < -0.4 is 10.6 Å². The third-order valence-electron chi connectivity index (χ3n) is 4.17. The van der Waals surface area contributed by atoms with E-state index >= 15 is 0 Å². The number of carbonyl (C=O) groups excluding carboxylic acids is 2. The number of aromatic hydroxyl groups is 1. The van der Waals surface area contributed by atoms with Crippen molar-refractivity contribution in [3.8, 4) is 11.4 Å². The van der Waals surface area contributed by atoms with E-state index < -0.39 is 5.91 Å². The molecule has 2 aromatic carbocycles. The van der Waals surface area contributed by atoms with Crippen molar-refractivity contribution < 1.29 is 14.7 Å². The van der Waals surface area contributed by atoms with Gasteiger partial charge in [0, 0.05) is 17.6 Å². The fraction of sp³-hybridized carbons (Fsp3) is 0.150. The lowest BCUT2D eigenvalue weighted by Crippen LogP contribution is -2.34. The molecule has 8 heteroatoms. The number of hydrogen-bond acceptors (Lipinski definition) is 4. The number of halogens is 1. The number of phenolic OH excluding ortho intramolecular Hbond substituents is 1. The van der Waals surface area contributed by atoms with Crippen LogP contribution in [0.25, 0.3) is 5.69 Å². The van der Waals surface area contributed by atoms with Gasteiger partial charge in [0.1, 0.15) is 5.75 Å². The molecule has 3 N–H and O–H groups in total. The number of rotatable bonds is 6. The van der Waals surface area contributed by atoms with Crippen molar-refractivity contribution in [2.45, 2.75) is 6.92 Å². The number of hydrogen-bond donors (Lipinski definition) is 3. The first-order valence-electron chi connectivity index (χ1n) is 8.62. The smallest absolute Gasteiger partial charge is 0.255 e. The monoisotopic (exact) mass is 442 g/mol. The van der Waals surface area contributed by atoms with E-state index in [9.17, 15) is 14.7 Å². The van der Waals surface area contributed by atoms with Crippen molar-refractivity contribution >= 4 is 27.7 Å². The Morgan fingerprint density at radius 3 is 2.25 bits per heavy atom. The second kappa shape index (κ2) is 8.71. The van der Waals surface area contributed by atoms with Crippen LogP contribution in [-0.4, -0.2) is 39.8 Å². The van der Waals surface area contributed by atoms with E-state index in [0.29, 0.717) is 5.56 Å². The predicted octanol–water partition coefficient (Wildman–Crippen LogP) is 2.81. The first kappa shape index (κ1) is 19.6. The van der Waals surface area contributed by atoms with Gasteiger partial charge in [-0.1, -0.05) is 28.1 Å². The lowest BCUT2D eigenvalue weighted by Gasteiger charge is -2.08. The Hall–Kier alpha value is -3.13. The highest BCUT2D eigenvalue weighted by Gasteiger charge is 2.15. The first-order chi connectivity index (χ1) is 13.5. The molecule has 0 saturated carbocycles. The predicted molar refractivity (Wildman–Crippen MR) is 109 cm³/mol. The molecule has 144 valence electrons. The van der Waals surface area contributed by atoms with Crippen LogP contribution in [0.5, 0.6) is 5.75 Å². The molecule has 0 bridgehead atoms. The maximum atomic E-state index is 12.4. The summed E-state index contributed by atoms with van der Waals surface area (Å²) in [5.74, 6) is -0.746. The van der Waals surface area contributed by atoms with Gasteiger partial charge >= 0.3 is 0 Å². The van der Waals surface area contributed by atoms with Gasteiger partial charge in [0.2, 0.25) is 0 Å². The van der Waals surface area contributed by atoms with Crippen molar-refractivity contribution in [1.82, 2.24) is 20.4 Å². The number of phenols is 1. The molecule has 1 aromatic heterocycles. The van der Waals surface area contributed by atoms with Crippen LogP contribution in [0.1, 0.15) is 26.4 Å². The molecule has 3 rings (SSSR count). The third kappa shape index (κ3) is 4.40. The molecule has 0 spiro atoms. The molecule has 0 aliphatic rings. The minimum atomic E-state index is -0.397. The molecule has 0 fully saturated rings. The number of para-hydroxylation sites is 1. The molecule has 2 amide bonds. The summed E-state index contributed by atoms with van der Waals surface area (Å²) in [5, 5.41) is 19.4. The van der Waals surface area contributed by atoms with Crippen molar-refractivity contribution in [3.05, 3.63) is 76.0 Å². The van der Waals surface area contributed by atoms with Gasteiger partial charge in [-0.2, -0.15) is 5.10 Å². The van der Waals surface area contributed by atoms with Crippen LogP contribution >= 0.6 is 15.9 Å². The Morgan fingerprint density at radius 1 is 1.00 bits per heavy atom. The molecular formula is C20H19BrN4O3. The molecule has 0 radical (unpaired) electrons. The average Bonchev–Trinajstić information content (AvgIpc) is 3.07. The molecule has 0 atom stereocenters. The third-order valence-corrected chi connectivity index (χ3v) is 4.70. The topological polar surface area (TPSA) is 96.2 Å². The van der Waals surface area contributed by atoms with Crippen LogP contribution in [0.4, 0.5) is 0 Å². The molecule has 7 nitrogen and oxygen atoms in total. The lowest BCUT2D eigenvalue weighted by atomic mass is 10.2. The normalized spacial score (nSPS) is 10.5. The van der Waals surface area contributed by atoms with Crippen LogP contribution in [0.2, 0.25) is 0 Å². The van der Waals surface area contributed by atoms with E-state index in [0.717, 1.165) is 15.9 Å². The summed E-state index contributed by atoms with van der Waals surface area (Å²) in [6.45, 7) is 2.31. The minimum Gasteiger partial charge on any atom is -0.507 e. The van der Waals surface area contributed by atoms with Crippen molar-refractivity contribution in [2.24, 2.45) is 0 Å². The van der Waals surface area contributed by atoms with Crippen molar-refractivity contribution in [1.29, 1.82) is 0 Å². The van der Waals surface area contributed by atoms with Gasteiger partial charge in [-0.3, -0.25) is 9.59 Å². The number of aromatic nitrogens is 2. The van der Waals surface area contributed by atoms with Crippen molar-refractivity contribution in [3.63, 3.8) is 0 Å². The number of carbonyl (C=O) groups is 2. The van der Waals surface area contributed by atoms with E-state index in [4.69, 9.17) is 0 Å². The van der Waals surface area contributed by atoms with Gasteiger partial charge in [0.05, 0.1) is 28.7 Å². The van der Waals surface area contributed by atoms with Crippen LogP contribution in [-0.2, 0) is 0 Å².